The first-order valence-corrected chi connectivity index (χ1v) is 11.0. The number of para-hydroxylation sites is 1. The molecule has 4 nitrogen and oxygen atoms in total. The Kier molecular flexibility index (Phi) is 4.45. The van der Waals surface area contributed by atoms with Crippen LogP contribution in [0.15, 0.2) is 52.1 Å². The molecule has 0 N–H and O–H groups in total. The zero-order chi connectivity index (χ0) is 18.2. The van der Waals surface area contributed by atoms with Gasteiger partial charge in [0.15, 0.2) is 0 Å². The average molecular weight is 394 g/mol. The van der Waals surface area contributed by atoms with Gasteiger partial charge in [-0.15, -0.1) is 21.5 Å². The Morgan fingerprint density at radius 2 is 2.11 bits per heavy atom. The molecule has 3 heterocycles. The Morgan fingerprint density at radius 1 is 1.19 bits per heavy atom. The molecular weight excluding hydrogens is 374 g/mol. The molecule has 1 unspecified atom stereocenters. The molecule has 0 saturated heterocycles. The Balaban J connectivity index is 1.30. The molecule has 0 saturated carbocycles. The van der Waals surface area contributed by atoms with Crippen molar-refractivity contribution in [2.75, 3.05) is 0 Å². The molecule has 0 radical (unpaired) electrons. The van der Waals surface area contributed by atoms with Crippen LogP contribution in [0.3, 0.4) is 0 Å². The lowest BCUT2D eigenvalue weighted by Crippen LogP contribution is -2.07. The number of nitrogens with zero attached hydrogens (tertiary/aromatic N) is 3. The SMILES string of the molecule is CC1CCc2sc(-c3nnc(SCc4ccc5ccccc5n4)o3)cc2C1. The summed E-state index contributed by atoms with van der Waals surface area (Å²) in [4.78, 5) is 7.27. The van der Waals surface area contributed by atoms with Crippen LogP contribution in [0.25, 0.3) is 21.7 Å². The molecule has 0 fully saturated rings. The number of hydrogen-bond donors (Lipinski definition) is 0. The zero-order valence-corrected chi connectivity index (χ0v) is 16.6. The van der Waals surface area contributed by atoms with E-state index in [2.05, 4.69) is 41.4 Å². The number of thioether (sulfide) groups is 1. The Bertz CT molecular complexity index is 1100. The van der Waals surface area contributed by atoms with Gasteiger partial charge >= 0.3 is 0 Å². The number of rotatable bonds is 4. The highest BCUT2D eigenvalue weighted by Gasteiger charge is 2.21. The van der Waals surface area contributed by atoms with Crippen LogP contribution in [0.5, 0.6) is 0 Å². The minimum atomic E-state index is 0.597. The van der Waals surface area contributed by atoms with E-state index in [9.17, 15) is 0 Å². The quantitative estimate of drug-likeness (QED) is 0.412. The first kappa shape index (κ1) is 17.0. The fourth-order valence-corrected chi connectivity index (χ4v) is 5.30. The molecule has 1 aromatic carbocycles. The maximum absolute atomic E-state index is 5.91. The van der Waals surface area contributed by atoms with Crippen molar-refractivity contribution in [3.63, 3.8) is 0 Å². The lowest BCUT2D eigenvalue weighted by Gasteiger charge is -2.16. The van der Waals surface area contributed by atoms with E-state index < -0.39 is 0 Å². The molecular formula is C21H19N3OS2. The van der Waals surface area contributed by atoms with Crippen LogP contribution in [-0.4, -0.2) is 15.2 Å². The van der Waals surface area contributed by atoms with Gasteiger partial charge in [-0.1, -0.05) is 43.0 Å². The monoisotopic (exact) mass is 393 g/mol. The molecule has 0 amide bonds. The minimum Gasteiger partial charge on any atom is -0.410 e. The van der Waals surface area contributed by atoms with Crippen LogP contribution in [0.4, 0.5) is 0 Å². The lowest BCUT2D eigenvalue weighted by molar-refractivity contribution is 0.466. The van der Waals surface area contributed by atoms with Crippen LogP contribution < -0.4 is 0 Å². The van der Waals surface area contributed by atoms with Gasteiger partial charge in [-0.3, -0.25) is 4.98 Å². The molecule has 3 aromatic heterocycles. The number of aryl methyl sites for hydroxylation is 1. The molecule has 5 rings (SSSR count). The Labute approximate surface area is 166 Å². The van der Waals surface area contributed by atoms with Crippen molar-refractivity contribution in [3.8, 4) is 10.8 Å². The summed E-state index contributed by atoms with van der Waals surface area (Å²) in [6.07, 6.45) is 3.61. The van der Waals surface area contributed by atoms with E-state index in [1.165, 1.54) is 35.0 Å². The normalized spacial score (nSPS) is 16.6. The first-order chi connectivity index (χ1) is 13.2. The summed E-state index contributed by atoms with van der Waals surface area (Å²) in [7, 11) is 0. The Hall–Kier alpha value is -2.18. The van der Waals surface area contributed by atoms with Gasteiger partial charge in [0.2, 0.25) is 0 Å². The van der Waals surface area contributed by atoms with E-state index in [1.807, 2.05) is 18.2 Å². The molecule has 1 aliphatic carbocycles. The third-order valence-corrected chi connectivity index (χ3v) is 7.02. The minimum absolute atomic E-state index is 0.597. The second kappa shape index (κ2) is 7.09. The number of benzene rings is 1. The number of pyridine rings is 1. The van der Waals surface area contributed by atoms with Crippen molar-refractivity contribution in [1.29, 1.82) is 0 Å². The van der Waals surface area contributed by atoms with Crippen LogP contribution in [0.1, 0.15) is 29.5 Å². The fourth-order valence-electron chi connectivity index (χ4n) is 3.50. The van der Waals surface area contributed by atoms with E-state index >= 15 is 0 Å². The van der Waals surface area contributed by atoms with Crippen LogP contribution in [0.2, 0.25) is 0 Å². The summed E-state index contributed by atoms with van der Waals surface area (Å²) in [6, 6.07) is 14.6. The van der Waals surface area contributed by atoms with Gasteiger partial charge < -0.3 is 4.42 Å². The molecule has 0 bridgehead atoms. The summed E-state index contributed by atoms with van der Waals surface area (Å²) < 4.78 is 5.91. The summed E-state index contributed by atoms with van der Waals surface area (Å²) in [6.45, 7) is 2.32. The van der Waals surface area contributed by atoms with Crippen molar-refractivity contribution >= 4 is 34.0 Å². The number of fused-ring (bicyclic) bond motifs is 2. The molecule has 0 aliphatic heterocycles. The molecule has 136 valence electrons. The predicted molar refractivity (Wildman–Crippen MR) is 110 cm³/mol. The van der Waals surface area contributed by atoms with Crippen molar-refractivity contribution in [1.82, 2.24) is 15.2 Å². The van der Waals surface area contributed by atoms with Gasteiger partial charge in [-0.2, -0.15) is 0 Å². The third kappa shape index (κ3) is 3.51. The van der Waals surface area contributed by atoms with E-state index in [4.69, 9.17) is 9.40 Å². The second-order valence-electron chi connectivity index (χ2n) is 7.06. The largest absolute Gasteiger partial charge is 0.410 e. The van der Waals surface area contributed by atoms with Gasteiger partial charge in [0.05, 0.1) is 16.1 Å². The summed E-state index contributed by atoms with van der Waals surface area (Å²) in [5.74, 6) is 2.12. The van der Waals surface area contributed by atoms with Crippen molar-refractivity contribution in [2.24, 2.45) is 5.92 Å². The highest BCUT2D eigenvalue weighted by Crippen LogP contribution is 2.37. The van der Waals surface area contributed by atoms with Crippen molar-refractivity contribution in [2.45, 2.75) is 37.2 Å². The molecule has 4 aromatic rings. The summed E-state index contributed by atoms with van der Waals surface area (Å²) >= 11 is 3.34. The maximum atomic E-state index is 5.91. The topological polar surface area (TPSA) is 51.8 Å². The van der Waals surface area contributed by atoms with Crippen LogP contribution >= 0.6 is 23.1 Å². The first-order valence-electron chi connectivity index (χ1n) is 9.17. The molecule has 27 heavy (non-hydrogen) atoms. The fraction of sp³-hybridized carbons (Fsp3) is 0.286. The maximum Gasteiger partial charge on any atom is 0.277 e. The van der Waals surface area contributed by atoms with E-state index in [-0.39, 0.29) is 0 Å². The summed E-state index contributed by atoms with van der Waals surface area (Å²) in [5, 5.41) is 10.2. The van der Waals surface area contributed by atoms with Gasteiger partial charge in [-0.25, -0.2) is 0 Å². The van der Waals surface area contributed by atoms with Crippen molar-refractivity contribution < 1.29 is 4.42 Å². The van der Waals surface area contributed by atoms with Gasteiger partial charge in [0.25, 0.3) is 11.1 Å². The van der Waals surface area contributed by atoms with Gasteiger partial charge in [0, 0.05) is 16.0 Å². The van der Waals surface area contributed by atoms with Crippen LogP contribution in [-0.2, 0) is 18.6 Å². The number of aromatic nitrogens is 3. The van der Waals surface area contributed by atoms with E-state index in [1.54, 1.807) is 11.3 Å². The van der Waals surface area contributed by atoms with Crippen molar-refractivity contribution in [3.05, 3.63) is 58.6 Å². The standard InChI is InChI=1S/C21H19N3OS2/c1-13-6-9-18-15(10-13)11-19(27-18)20-23-24-21(25-20)26-12-16-8-7-14-4-2-3-5-17(14)22-16/h2-5,7-8,11,13H,6,9-10,12H2,1H3. The third-order valence-electron chi connectivity index (χ3n) is 4.95. The highest BCUT2D eigenvalue weighted by molar-refractivity contribution is 7.98. The predicted octanol–water partition coefficient (Wildman–Crippen LogP) is 5.76. The van der Waals surface area contributed by atoms with Gasteiger partial charge in [0.1, 0.15) is 0 Å². The van der Waals surface area contributed by atoms with Gasteiger partial charge in [-0.05, 0) is 48.9 Å². The molecule has 1 aliphatic rings. The molecule has 6 heteroatoms. The average Bonchev–Trinajstić information content (AvgIpc) is 3.32. The zero-order valence-electron chi connectivity index (χ0n) is 15.0. The second-order valence-corrected chi connectivity index (χ2v) is 9.13. The van der Waals surface area contributed by atoms with Crippen LogP contribution in [0, 0.1) is 5.92 Å². The molecule has 1 atom stereocenters. The lowest BCUT2D eigenvalue weighted by atomic mass is 9.90. The Morgan fingerprint density at radius 3 is 3.07 bits per heavy atom. The smallest absolute Gasteiger partial charge is 0.277 e. The number of thiophene rings is 1. The molecule has 0 spiro atoms. The van der Waals surface area contributed by atoms with E-state index in [0.717, 1.165) is 33.8 Å². The highest BCUT2D eigenvalue weighted by atomic mass is 32.2. The number of hydrogen-bond acceptors (Lipinski definition) is 6. The summed E-state index contributed by atoms with van der Waals surface area (Å²) in [5.41, 5.74) is 3.49. The van der Waals surface area contributed by atoms with E-state index in [0.29, 0.717) is 16.9 Å².